The first-order chi connectivity index (χ1) is 3.39. The van der Waals surface area contributed by atoms with Gasteiger partial charge < -0.3 is 4.28 Å². The van der Waals surface area contributed by atoms with E-state index in [1.807, 2.05) is 18.2 Å². The zero-order valence-electron chi connectivity index (χ0n) is 9.09. The maximum absolute atomic E-state index is 2.08. The van der Waals surface area contributed by atoms with Gasteiger partial charge in [0.25, 0.3) is 0 Å². The number of benzene rings is 1. The molecule has 1 aromatic rings. The second-order valence-electron chi connectivity index (χ2n) is 1.65. The minimum atomic E-state index is 0. The van der Waals surface area contributed by atoms with Gasteiger partial charge in [-0.25, -0.2) is 0 Å². The minimum Gasteiger partial charge on any atom is -1.00 e. The Morgan fingerprint density at radius 3 is 1.78 bits per heavy atom. The molecule has 1 aromatic carbocycles. The first-order valence-electron chi connectivity index (χ1n) is 2.41. The van der Waals surface area contributed by atoms with Gasteiger partial charge >= 0.3 is 41.9 Å². The van der Waals surface area contributed by atoms with Crippen molar-refractivity contribution in [3.8, 4) is 0 Å². The van der Waals surface area contributed by atoms with Crippen LogP contribution in [0.5, 0.6) is 0 Å². The van der Waals surface area contributed by atoms with E-state index in [1.54, 1.807) is 0 Å². The van der Waals surface area contributed by atoms with Gasteiger partial charge in [-0.3, -0.25) is 0 Å². The van der Waals surface area contributed by atoms with Crippen LogP contribution in [0, 0.1) is 6.92 Å². The Morgan fingerprint density at radius 1 is 1.11 bits per heavy atom. The van der Waals surface area contributed by atoms with Crippen molar-refractivity contribution in [2.24, 2.45) is 0 Å². The van der Waals surface area contributed by atoms with Crippen LogP contribution in [-0.2, 0) is 0 Å². The number of rotatable bonds is 0. The van der Waals surface area contributed by atoms with Gasteiger partial charge in [0.2, 0.25) is 0 Å². The average molecular weight is 126 g/mol. The number of hydrogen-bond acceptors (Lipinski definition) is 0. The predicted octanol–water partition coefficient (Wildman–Crippen LogP) is -1.04. The summed E-state index contributed by atoms with van der Waals surface area (Å²) < 4.78 is 0. The van der Waals surface area contributed by atoms with Crippen LogP contribution in [-0.4, -0.2) is 23.1 Å². The molecule has 0 aliphatic carbocycles. The summed E-state index contributed by atoms with van der Waals surface area (Å²) in [5, 5.41) is 0. The van der Waals surface area contributed by atoms with Gasteiger partial charge in [-0.1, -0.05) is 35.9 Å². The molecule has 0 heterocycles. The van der Waals surface area contributed by atoms with Crippen LogP contribution in [0.15, 0.2) is 30.3 Å². The van der Waals surface area contributed by atoms with Gasteiger partial charge in [-0.2, -0.15) is 0 Å². The van der Waals surface area contributed by atoms with E-state index in [4.69, 9.17) is 0 Å². The number of aryl methyl sites for hydroxylation is 1. The fraction of sp³-hybridized carbons (Fsp3) is 0.143. The summed E-state index contributed by atoms with van der Waals surface area (Å²) in [5.74, 6) is 0. The average Bonchev–Trinajstić information content (AvgIpc) is 1.69. The van der Waals surface area contributed by atoms with Crippen molar-refractivity contribution in [3.63, 3.8) is 0 Å². The molecule has 0 amide bonds. The van der Waals surface area contributed by atoms with E-state index in [0.29, 0.717) is 0 Å². The minimum absolute atomic E-state index is 0. The van der Waals surface area contributed by atoms with E-state index in [2.05, 4.69) is 19.1 Å². The van der Waals surface area contributed by atoms with Crippen LogP contribution in [0.1, 0.15) is 9.84 Å². The Balaban J connectivity index is -0.0000000327. The van der Waals surface area contributed by atoms with E-state index < -0.39 is 0 Å². The van der Waals surface area contributed by atoms with Gasteiger partial charge in [0.15, 0.2) is 0 Å². The largest absolute Gasteiger partial charge is 2.00 e. The molecule has 9 heavy (non-hydrogen) atoms. The molecule has 0 atom stereocenters. The van der Waals surface area contributed by atoms with Crippen LogP contribution in [0.2, 0.25) is 0 Å². The third-order valence-corrected chi connectivity index (χ3v) is 0.940. The van der Waals surface area contributed by atoms with E-state index in [-0.39, 0.29) is 46.2 Å². The van der Waals surface area contributed by atoms with Gasteiger partial charge in [0.05, 0.1) is 0 Å². The van der Waals surface area contributed by atoms with Crippen molar-refractivity contribution < 1.29 is 23.1 Å². The molecule has 0 saturated carbocycles. The van der Waals surface area contributed by atoms with Crippen molar-refractivity contribution in [2.75, 3.05) is 0 Å². The molecule has 42 valence electrons. The van der Waals surface area contributed by atoms with E-state index in [0.717, 1.165) is 0 Å². The topological polar surface area (TPSA) is 0 Å². The summed E-state index contributed by atoms with van der Waals surface area (Å²) in [6, 6.07) is 10.3. The monoisotopic (exact) mass is 126 g/mol. The molecule has 0 radical (unpaired) electrons. The Bertz CT molecular complexity index is 149. The standard InChI is InChI=1S/C7H8.Li.Mg.3H/c1-7-5-3-2-4-6-7;;;;;/h2-6H,1H3;;;;;/q;+1;+2;3*-1. The van der Waals surface area contributed by atoms with Crippen molar-refractivity contribution in [3.05, 3.63) is 35.9 Å². The smallest absolute Gasteiger partial charge is 1.00 e. The molecule has 0 saturated heterocycles. The number of hydrogen-bond donors (Lipinski definition) is 0. The summed E-state index contributed by atoms with van der Waals surface area (Å²) in [5.41, 5.74) is 1.32. The normalized spacial score (nSPS) is 6.78. The van der Waals surface area contributed by atoms with Crippen LogP contribution in [0.4, 0.5) is 0 Å². The Labute approximate surface area is 88.8 Å². The van der Waals surface area contributed by atoms with Crippen molar-refractivity contribution in [1.29, 1.82) is 0 Å². The van der Waals surface area contributed by atoms with Crippen LogP contribution in [0.25, 0.3) is 0 Å². The summed E-state index contributed by atoms with van der Waals surface area (Å²) in [6.45, 7) is 2.08. The summed E-state index contributed by atoms with van der Waals surface area (Å²) in [4.78, 5) is 0. The van der Waals surface area contributed by atoms with Crippen LogP contribution >= 0.6 is 0 Å². The molecule has 0 unspecified atom stereocenters. The van der Waals surface area contributed by atoms with E-state index >= 15 is 0 Å². The predicted molar refractivity (Wildman–Crippen MR) is 40.3 cm³/mol. The summed E-state index contributed by atoms with van der Waals surface area (Å²) in [7, 11) is 0. The molecular weight excluding hydrogens is 115 g/mol. The quantitative estimate of drug-likeness (QED) is 0.390. The van der Waals surface area contributed by atoms with E-state index in [1.165, 1.54) is 5.56 Å². The maximum atomic E-state index is 2.08. The third kappa shape index (κ3) is 5.05. The molecule has 0 fully saturated rings. The van der Waals surface area contributed by atoms with Gasteiger partial charge in [-0.05, 0) is 6.92 Å². The summed E-state index contributed by atoms with van der Waals surface area (Å²) in [6.07, 6.45) is 0. The molecule has 0 aliphatic rings. The van der Waals surface area contributed by atoms with Gasteiger partial charge in [0.1, 0.15) is 0 Å². The molecule has 2 heteroatoms. The van der Waals surface area contributed by atoms with Gasteiger partial charge in [-0.15, -0.1) is 0 Å². The zero-order valence-corrected chi connectivity index (χ0v) is 7.51. The van der Waals surface area contributed by atoms with Crippen LogP contribution < -0.4 is 18.9 Å². The van der Waals surface area contributed by atoms with Crippen molar-refractivity contribution in [2.45, 2.75) is 6.92 Å². The fourth-order valence-electron chi connectivity index (χ4n) is 0.534. The SMILES string of the molecule is Cc1ccccc1.[H-].[H-].[H-].[Li+].[Mg+2]. The van der Waals surface area contributed by atoms with E-state index in [9.17, 15) is 0 Å². The van der Waals surface area contributed by atoms with Crippen molar-refractivity contribution in [1.82, 2.24) is 0 Å². The second kappa shape index (κ2) is 6.70. The molecule has 0 spiro atoms. The molecular formula is C7H11LiMg. The Morgan fingerprint density at radius 2 is 1.56 bits per heavy atom. The van der Waals surface area contributed by atoms with Gasteiger partial charge in [0, 0.05) is 0 Å². The molecule has 0 aromatic heterocycles. The summed E-state index contributed by atoms with van der Waals surface area (Å²) >= 11 is 0. The molecule has 0 nitrogen and oxygen atoms in total. The molecule has 0 N–H and O–H groups in total. The Kier molecular flexibility index (Phi) is 9.14. The maximum Gasteiger partial charge on any atom is 2.00 e. The first kappa shape index (κ1) is 12.3. The molecule has 0 bridgehead atoms. The van der Waals surface area contributed by atoms with Crippen molar-refractivity contribution >= 4 is 23.1 Å². The zero-order chi connectivity index (χ0) is 5.11. The fourth-order valence-corrected chi connectivity index (χ4v) is 0.534. The first-order valence-corrected chi connectivity index (χ1v) is 2.41. The molecule has 0 aliphatic heterocycles. The third-order valence-electron chi connectivity index (χ3n) is 0.940. The Hall–Kier alpha value is 0.584. The molecule has 1 rings (SSSR count). The second-order valence-corrected chi connectivity index (χ2v) is 1.65. The van der Waals surface area contributed by atoms with Crippen LogP contribution in [0.3, 0.4) is 0 Å².